The third-order valence-electron chi connectivity index (χ3n) is 3.16. The molecule has 1 aliphatic carbocycles. The zero-order chi connectivity index (χ0) is 11.9. The molecule has 0 radical (unpaired) electrons. The Hall–Kier alpha value is -1.16. The van der Waals surface area contributed by atoms with E-state index >= 15 is 0 Å². The van der Waals surface area contributed by atoms with E-state index in [0.29, 0.717) is 6.04 Å². The smallest absolute Gasteiger partial charge is 0.151 e. The number of hydrogen-bond donors (Lipinski definition) is 1. The lowest BCUT2D eigenvalue weighted by molar-refractivity contribution is 0.508. The van der Waals surface area contributed by atoms with Crippen LogP contribution in [0.1, 0.15) is 37.9 Å². The maximum Gasteiger partial charge on any atom is 0.151 e. The van der Waals surface area contributed by atoms with Crippen LogP contribution in [0.15, 0.2) is 18.5 Å². The van der Waals surface area contributed by atoms with Crippen molar-refractivity contribution in [3.63, 3.8) is 0 Å². The SMILES string of the molecule is Cn1cnc(CCNC2/C=C/CCCCC2)n1. The molecule has 17 heavy (non-hydrogen) atoms. The predicted octanol–water partition coefficient (Wildman–Crippen LogP) is 1.84. The molecule has 1 aromatic heterocycles. The first-order valence-corrected chi connectivity index (χ1v) is 6.59. The summed E-state index contributed by atoms with van der Waals surface area (Å²) in [5.41, 5.74) is 0. The molecule has 94 valence electrons. The minimum atomic E-state index is 0.541. The van der Waals surface area contributed by atoms with Crippen LogP contribution in [0.5, 0.6) is 0 Å². The van der Waals surface area contributed by atoms with Crippen molar-refractivity contribution in [1.82, 2.24) is 20.1 Å². The molecule has 1 atom stereocenters. The van der Waals surface area contributed by atoms with Crippen molar-refractivity contribution in [1.29, 1.82) is 0 Å². The molecule has 4 heteroatoms. The van der Waals surface area contributed by atoms with E-state index in [1.807, 2.05) is 7.05 Å². The van der Waals surface area contributed by atoms with E-state index in [2.05, 4.69) is 27.6 Å². The number of hydrogen-bond acceptors (Lipinski definition) is 3. The van der Waals surface area contributed by atoms with Crippen LogP contribution in [-0.4, -0.2) is 27.4 Å². The predicted molar refractivity (Wildman–Crippen MR) is 68.7 cm³/mol. The third kappa shape index (κ3) is 4.30. The topological polar surface area (TPSA) is 42.7 Å². The number of aromatic nitrogens is 3. The summed E-state index contributed by atoms with van der Waals surface area (Å²) in [5.74, 6) is 0.926. The zero-order valence-corrected chi connectivity index (χ0v) is 10.6. The van der Waals surface area contributed by atoms with Gasteiger partial charge in [0.2, 0.25) is 0 Å². The van der Waals surface area contributed by atoms with Crippen LogP contribution in [0.4, 0.5) is 0 Å². The molecule has 2 rings (SSSR count). The Kier molecular flexibility index (Phi) is 4.74. The first-order chi connectivity index (χ1) is 8.34. The van der Waals surface area contributed by atoms with Crippen molar-refractivity contribution in [2.24, 2.45) is 7.05 Å². The molecule has 0 spiro atoms. The van der Waals surface area contributed by atoms with Crippen LogP contribution in [-0.2, 0) is 13.5 Å². The highest BCUT2D eigenvalue weighted by Gasteiger charge is 2.06. The van der Waals surface area contributed by atoms with Gasteiger partial charge in [-0.15, -0.1) is 0 Å². The van der Waals surface area contributed by atoms with Crippen molar-refractivity contribution in [3.8, 4) is 0 Å². The molecule has 1 heterocycles. The van der Waals surface area contributed by atoms with E-state index < -0.39 is 0 Å². The molecule has 0 aromatic carbocycles. The third-order valence-corrected chi connectivity index (χ3v) is 3.16. The van der Waals surface area contributed by atoms with E-state index in [-0.39, 0.29) is 0 Å². The lowest BCUT2D eigenvalue weighted by Gasteiger charge is -2.16. The van der Waals surface area contributed by atoms with Crippen molar-refractivity contribution >= 4 is 0 Å². The Morgan fingerprint density at radius 3 is 3.18 bits per heavy atom. The highest BCUT2D eigenvalue weighted by molar-refractivity contribution is 4.95. The second-order valence-electron chi connectivity index (χ2n) is 4.71. The van der Waals surface area contributed by atoms with Gasteiger partial charge in [0.05, 0.1) is 0 Å². The van der Waals surface area contributed by atoms with Gasteiger partial charge in [0.1, 0.15) is 6.33 Å². The second kappa shape index (κ2) is 6.55. The first kappa shape index (κ1) is 12.3. The van der Waals surface area contributed by atoms with Crippen molar-refractivity contribution in [2.75, 3.05) is 6.54 Å². The summed E-state index contributed by atoms with van der Waals surface area (Å²) in [6.45, 7) is 0.957. The van der Waals surface area contributed by atoms with E-state index in [0.717, 1.165) is 18.8 Å². The standard InChI is InChI=1S/C13H22N4/c1-17-11-15-13(16-17)9-10-14-12-7-5-3-2-4-6-8-12/h5,7,11-12,14H,2-4,6,8-10H2,1H3/b7-5+. The van der Waals surface area contributed by atoms with Gasteiger partial charge >= 0.3 is 0 Å². The molecule has 1 aliphatic rings. The van der Waals surface area contributed by atoms with Gasteiger partial charge in [0, 0.05) is 26.1 Å². The van der Waals surface area contributed by atoms with Crippen LogP contribution in [0.3, 0.4) is 0 Å². The van der Waals surface area contributed by atoms with Gasteiger partial charge in [-0.25, -0.2) is 4.98 Å². The van der Waals surface area contributed by atoms with Crippen molar-refractivity contribution in [3.05, 3.63) is 24.3 Å². The minimum absolute atomic E-state index is 0.541. The van der Waals surface area contributed by atoms with Gasteiger partial charge < -0.3 is 5.32 Å². The van der Waals surface area contributed by atoms with Crippen molar-refractivity contribution < 1.29 is 0 Å². The molecule has 0 saturated carbocycles. The number of nitrogens with zero attached hydrogens (tertiary/aromatic N) is 3. The van der Waals surface area contributed by atoms with Crippen LogP contribution in [0.25, 0.3) is 0 Å². The Morgan fingerprint density at radius 2 is 2.35 bits per heavy atom. The zero-order valence-electron chi connectivity index (χ0n) is 10.6. The highest BCUT2D eigenvalue weighted by atomic mass is 15.3. The number of aryl methyl sites for hydroxylation is 1. The van der Waals surface area contributed by atoms with E-state index in [9.17, 15) is 0 Å². The molecule has 0 amide bonds. The van der Waals surface area contributed by atoms with Crippen LogP contribution < -0.4 is 5.32 Å². The van der Waals surface area contributed by atoms with Crippen molar-refractivity contribution in [2.45, 2.75) is 44.6 Å². The van der Waals surface area contributed by atoms with E-state index in [1.54, 1.807) is 11.0 Å². The maximum absolute atomic E-state index is 4.27. The fraction of sp³-hybridized carbons (Fsp3) is 0.692. The normalized spacial score (nSPS) is 23.0. The lowest BCUT2D eigenvalue weighted by atomic mass is 10.0. The van der Waals surface area contributed by atoms with Crippen LogP contribution >= 0.6 is 0 Å². The first-order valence-electron chi connectivity index (χ1n) is 6.59. The van der Waals surface area contributed by atoms with Gasteiger partial charge in [-0.05, 0) is 19.3 Å². The summed E-state index contributed by atoms with van der Waals surface area (Å²) in [5, 5.41) is 7.85. The van der Waals surface area contributed by atoms with Gasteiger partial charge in [-0.1, -0.05) is 25.0 Å². The highest BCUT2D eigenvalue weighted by Crippen LogP contribution is 2.11. The molecule has 1 unspecified atom stereocenters. The summed E-state index contributed by atoms with van der Waals surface area (Å²) in [6, 6.07) is 0.541. The Balaban J connectivity index is 1.71. The summed E-state index contributed by atoms with van der Waals surface area (Å²) in [6.07, 6.45) is 13.8. The molecular formula is C13H22N4. The molecule has 1 aromatic rings. The number of allylic oxidation sites excluding steroid dienone is 1. The summed E-state index contributed by atoms with van der Waals surface area (Å²) in [7, 11) is 1.90. The average molecular weight is 234 g/mol. The summed E-state index contributed by atoms with van der Waals surface area (Å²) in [4.78, 5) is 4.23. The molecule has 0 saturated heterocycles. The molecule has 4 nitrogen and oxygen atoms in total. The lowest BCUT2D eigenvalue weighted by Crippen LogP contribution is -2.29. The monoisotopic (exact) mass is 234 g/mol. The van der Waals surface area contributed by atoms with Gasteiger partial charge in [-0.2, -0.15) is 5.10 Å². The molecule has 0 bridgehead atoms. The Morgan fingerprint density at radius 1 is 1.41 bits per heavy atom. The van der Waals surface area contributed by atoms with Gasteiger partial charge in [0.15, 0.2) is 5.82 Å². The fourth-order valence-corrected chi connectivity index (χ4v) is 2.20. The number of nitrogens with one attached hydrogen (secondary N) is 1. The fourth-order valence-electron chi connectivity index (χ4n) is 2.20. The molecule has 0 aliphatic heterocycles. The average Bonchev–Trinajstić information content (AvgIpc) is 2.67. The maximum atomic E-state index is 4.27. The number of rotatable bonds is 4. The summed E-state index contributed by atoms with van der Waals surface area (Å²) >= 11 is 0. The van der Waals surface area contributed by atoms with Crippen LogP contribution in [0.2, 0.25) is 0 Å². The molecule has 0 fully saturated rings. The molecular weight excluding hydrogens is 212 g/mol. The quantitative estimate of drug-likeness (QED) is 0.808. The van der Waals surface area contributed by atoms with Gasteiger partial charge in [0.25, 0.3) is 0 Å². The Labute approximate surface area is 103 Å². The van der Waals surface area contributed by atoms with E-state index in [4.69, 9.17) is 0 Å². The van der Waals surface area contributed by atoms with Gasteiger partial charge in [-0.3, -0.25) is 4.68 Å². The van der Waals surface area contributed by atoms with Crippen LogP contribution in [0, 0.1) is 0 Å². The Bertz CT molecular complexity index is 356. The second-order valence-corrected chi connectivity index (χ2v) is 4.71. The largest absolute Gasteiger partial charge is 0.310 e. The summed E-state index contributed by atoms with van der Waals surface area (Å²) < 4.78 is 1.76. The molecule has 1 N–H and O–H groups in total. The van der Waals surface area contributed by atoms with E-state index in [1.165, 1.54) is 32.1 Å². The minimum Gasteiger partial charge on any atom is -0.310 e.